The Labute approximate surface area is 169 Å². The molecule has 0 saturated carbocycles. The maximum Gasteiger partial charge on any atom is 0.220 e. The van der Waals surface area contributed by atoms with Crippen molar-refractivity contribution in [2.45, 2.75) is 59.5 Å². The van der Waals surface area contributed by atoms with Crippen LogP contribution in [0.4, 0.5) is 0 Å². The average molecular weight is 385 g/mol. The minimum atomic E-state index is 0.148. The summed E-state index contributed by atoms with van der Waals surface area (Å²) in [5.41, 5.74) is 6.21. The van der Waals surface area contributed by atoms with Gasteiger partial charge in [0.05, 0.1) is 5.52 Å². The third-order valence-electron chi connectivity index (χ3n) is 6.28. The molecule has 3 rings (SSSR count). The summed E-state index contributed by atoms with van der Waals surface area (Å²) >= 11 is 0. The van der Waals surface area contributed by atoms with E-state index in [0.29, 0.717) is 19.0 Å². The van der Waals surface area contributed by atoms with Gasteiger partial charge < -0.3 is 15.2 Å². The van der Waals surface area contributed by atoms with Crippen molar-refractivity contribution >= 4 is 16.8 Å². The van der Waals surface area contributed by atoms with E-state index in [1.54, 1.807) is 0 Å². The maximum absolute atomic E-state index is 12.5. The summed E-state index contributed by atoms with van der Waals surface area (Å²) < 4.78 is 0. The van der Waals surface area contributed by atoms with Gasteiger partial charge in [0.25, 0.3) is 0 Å². The molecule has 1 aromatic carbocycles. The molecular formula is C23H36N4O. The summed E-state index contributed by atoms with van der Waals surface area (Å²) in [5, 5.41) is 4.43. The lowest BCUT2D eigenvalue weighted by Crippen LogP contribution is -2.48. The number of carbonyl (C=O) groups excluding carboxylic acids is 1. The first kappa shape index (κ1) is 20.9. The van der Waals surface area contributed by atoms with Crippen molar-refractivity contribution in [3.05, 3.63) is 34.5 Å². The average Bonchev–Trinajstić information content (AvgIpc) is 3.00. The highest BCUT2D eigenvalue weighted by atomic mass is 16.1. The number of rotatable bonds is 7. The van der Waals surface area contributed by atoms with Crippen LogP contribution in [0.15, 0.2) is 12.1 Å². The van der Waals surface area contributed by atoms with Crippen LogP contribution in [0.2, 0.25) is 0 Å². The van der Waals surface area contributed by atoms with Crippen LogP contribution < -0.4 is 5.32 Å². The molecule has 0 aliphatic carbocycles. The first-order chi connectivity index (χ1) is 13.4. The van der Waals surface area contributed by atoms with Gasteiger partial charge in [0, 0.05) is 56.3 Å². The van der Waals surface area contributed by atoms with Crippen LogP contribution in [0.25, 0.3) is 10.9 Å². The molecular weight excluding hydrogens is 348 g/mol. The molecule has 5 nitrogen and oxygen atoms in total. The number of nitrogens with zero attached hydrogens (tertiary/aromatic N) is 2. The molecule has 2 aromatic rings. The predicted octanol–water partition coefficient (Wildman–Crippen LogP) is 3.38. The molecule has 1 fully saturated rings. The number of benzene rings is 1. The minimum absolute atomic E-state index is 0.148. The van der Waals surface area contributed by atoms with Crippen LogP contribution in [0.1, 0.15) is 49.1 Å². The van der Waals surface area contributed by atoms with Crippen LogP contribution >= 0.6 is 0 Å². The number of carbonyl (C=O) groups is 1. The number of likely N-dealkylation sites (N-methyl/N-ethyl adjacent to an activating group) is 1. The summed E-state index contributed by atoms with van der Waals surface area (Å²) in [7, 11) is 2.17. The maximum atomic E-state index is 12.5. The highest BCUT2D eigenvalue weighted by molar-refractivity contribution is 5.88. The van der Waals surface area contributed by atoms with Crippen LogP contribution in [-0.4, -0.2) is 60.0 Å². The van der Waals surface area contributed by atoms with Crippen molar-refractivity contribution in [2.75, 3.05) is 33.2 Å². The number of piperazine rings is 1. The molecule has 2 heterocycles. The number of amides is 1. The summed E-state index contributed by atoms with van der Waals surface area (Å²) in [5.74, 6) is 0.148. The van der Waals surface area contributed by atoms with Gasteiger partial charge in [-0.05, 0) is 57.9 Å². The standard InChI is InChI=1S/C23H36N4O/c1-6-21-18(4)20-14-16(2)13-19(23(20)25-21)15-24-22(28)8-7-17(3)27-11-9-26(5)10-12-27/h13-14,17,25H,6-12,15H2,1-5H3,(H,24,28)/t17-/m1/s1. The van der Waals surface area contributed by atoms with E-state index in [4.69, 9.17) is 0 Å². The Morgan fingerprint density at radius 1 is 1.21 bits per heavy atom. The smallest absolute Gasteiger partial charge is 0.220 e. The predicted molar refractivity (Wildman–Crippen MR) is 117 cm³/mol. The number of aromatic amines is 1. The van der Waals surface area contributed by atoms with Gasteiger partial charge in [0.1, 0.15) is 0 Å². The third kappa shape index (κ3) is 4.76. The Morgan fingerprint density at radius 2 is 1.93 bits per heavy atom. The lowest BCUT2D eigenvalue weighted by atomic mass is 10.0. The van der Waals surface area contributed by atoms with Gasteiger partial charge >= 0.3 is 0 Å². The molecule has 2 N–H and O–H groups in total. The van der Waals surface area contributed by atoms with Crippen molar-refractivity contribution in [2.24, 2.45) is 0 Å². The first-order valence-electron chi connectivity index (χ1n) is 10.7. The zero-order chi connectivity index (χ0) is 20.3. The Morgan fingerprint density at radius 3 is 2.61 bits per heavy atom. The molecule has 28 heavy (non-hydrogen) atoms. The fourth-order valence-corrected chi connectivity index (χ4v) is 4.27. The van der Waals surface area contributed by atoms with E-state index >= 15 is 0 Å². The summed E-state index contributed by atoms with van der Waals surface area (Å²) in [4.78, 5) is 20.9. The highest BCUT2D eigenvalue weighted by Gasteiger charge is 2.19. The highest BCUT2D eigenvalue weighted by Crippen LogP contribution is 2.26. The normalized spacial score (nSPS) is 17.2. The molecule has 0 spiro atoms. The summed E-state index contributed by atoms with van der Waals surface area (Å²) in [6.45, 7) is 13.8. The van der Waals surface area contributed by atoms with Crippen molar-refractivity contribution < 1.29 is 4.79 Å². The van der Waals surface area contributed by atoms with Gasteiger partial charge in [-0.15, -0.1) is 0 Å². The number of hydrogen-bond acceptors (Lipinski definition) is 3. The fraction of sp³-hybridized carbons (Fsp3) is 0.609. The summed E-state index contributed by atoms with van der Waals surface area (Å²) in [6.07, 6.45) is 2.50. The minimum Gasteiger partial charge on any atom is -0.358 e. The van der Waals surface area contributed by atoms with E-state index in [9.17, 15) is 4.79 Å². The molecule has 0 radical (unpaired) electrons. The van der Waals surface area contributed by atoms with Gasteiger partial charge in [-0.1, -0.05) is 18.6 Å². The molecule has 1 aromatic heterocycles. The molecule has 0 unspecified atom stereocenters. The van der Waals surface area contributed by atoms with E-state index in [1.165, 1.54) is 33.3 Å². The Bertz CT molecular complexity index is 818. The SMILES string of the molecule is CCc1[nH]c2c(CNC(=O)CC[C@@H](C)N3CCN(C)CC3)cc(C)cc2c1C. The van der Waals surface area contributed by atoms with Gasteiger partial charge in [-0.2, -0.15) is 0 Å². The Balaban J connectivity index is 1.56. The van der Waals surface area contributed by atoms with Gasteiger partial charge in [-0.3, -0.25) is 9.69 Å². The molecule has 1 atom stereocenters. The van der Waals surface area contributed by atoms with Gasteiger partial charge in [-0.25, -0.2) is 0 Å². The second-order valence-electron chi connectivity index (χ2n) is 8.43. The number of nitrogens with one attached hydrogen (secondary N) is 2. The van der Waals surface area contributed by atoms with Gasteiger partial charge in [0.2, 0.25) is 5.91 Å². The van der Waals surface area contributed by atoms with Crippen LogP contribution in [0.5, 0.6) is 0 Å². The van der Waals surface area contributed by atoms with Crippen LogP contribution in [0.3, 0.4) is 0 Å². The monoisotopic (exact) mass is 384 g/mol. The zero-order valence-corrected chi connectivity index (χ0v) is 18.2. The quantitative estimate of drug-likeness (QED) is 0.769. The van der Waals surface area contributed by atoms with Crippen molar-refractivity contribution in [1.82, 2.24) is 20.1 Å². The lowest BCUT2D eigenvalue weighted by Gasteiger charge is -2.36. The number of fused-ring (bicyclic) bond motifs is 1. The molecule has 1 saturated heterocycles. The summed E-state index contributed by atoms with van der Waals surface area (Å²) in [6, 6.07) is 4.89. The van der Waals surface area contributed by atoms with Crippen LogP contribution in [-0.2, 0) is 17.8 Å². The van der Waals surface area contributed by atoms with E-state index < -0.39 is 0 Å². The second-order valence-corrected chi connectivity index (χ2v) is 8.43. The van der Waals surface area contributed by atoms with Crippen molar-refractivity contribution in [3.8, 4) is 0 Å². The van der Waals surface area contributed by atoms with Crippen molar-refractivity contribution in [3.63, 3.8) is 0 Å². The molecule has 5 heteroatoms. The first-order valence-corrected chi connectivity index (χ1v) is 10.7. The molecule has 154 valence electrons. The molecule has 1 amide bonds. The van der Waals surface area contributed by atoms with Crippen LogP contribution in [0, 0.1) is 13.8 Å². The molecule has 1 aliphatic rings. The number of H-pyrrole nitrogens is 1. The van der Waals surface area contributed by atoms with E-state index in [1.807, 2.05) is 0 Å². The molecule has 1 aliphatic heterocycles. The largest absolute Gasteiger partial charge is 0.358 e. The zero-order valence-electron chi connectivity index (χ0n) is 18.2. The van der Waals surface area contributed by atoms with E-state index in [2.05, 4.69) is 67.0 Å². The third-order valence-corrected chi connectivity index (χ3v) is 6.28. The fourth-order valence-electron chi connectivity index (χ4n) is 4.27. The van der Waals surface area contributed by atoms with E-state index in [0.717, 1.165) is 39.0 Å². The Hall–Kier alpha value is -1.85. The second kappa shape index (κ2) is 9.10. The Kier molecular flexibility index (Phi) is 6.78. The van der Waals surface area contributed by atoms with Crippen molar-refractivity contribution in [1.29, 1.82) is 0 Å². The van der Waals surface area contributed by atoms with E-state index in [-0.39, 0.29) is 5.91 Å². The topological polar surface area (TPSA) is 51.4 Å². The number of aromatic nitrogens is 1. The number of aryl methyl sites for hydroxylation is 3. The number of hydrogen-bond donors (Lipinski definition) is 2. The molecule has 0 bridgehead atoms. The lowest BCUT2D eigenvalue weighted by molar-refractivity contribution is -0.121. The van der Waals surface area contributed by atoms with Gasteiger partial charge in [0.15, 0.2) is 0 Å².